The van der Waals surface area contributed by atoms with Crippen molar-refractivity contribution in [2.75, 3.05) is 7.05 Å². The maximum atomic E-state index is 6.05. The van der Waals surface area contributed by atoms with E-state index in [0.717, 1.165) is 17.9 Å². The summed E-state index contributed by atoms with van der Waals surface area (Å²) in [5.41, 5.74) is 4.00. The zero-order valence-electron chi connectivity index (χ0n) is 12.2. The van der Waals surface area contributed by atoms with Crippen LogP contribution >= 0.6 is 11.6 Å². The Morgan fingerprint density at radius 2 is 1.80 bits per heavy atom. The first-order valence-electron chi connectivity index (χ1n) is 7.23. The molecule has 0 amide bonds. The standard InChI is InChI=1S/C18H22ClN/c1-3-5-14-8-10-16(11-9-14)18(20-2)13-15-6-4-7-17(19)12-15/h4,6-12,18,20H,3,5,13H2,1-2H3. The Morgan fingerprint density at radius 1 is 1.05 bits per heavy atom. The lowest BCUT2D eigenvalue weighted by Crippen LogP contribution is -2.18. The molecule has 0 heterocycles. The fourth-order valence-corrected chi connectivity index (χ4v) is 2.70. The van der Waals surface area contributed by atoms with Crippen molar-refractivity contribution in [3.63, 3.8) is 0 Å². The van der Waals surface area contributed by atoms with E-state index in [1.54, 1.807) is 0 Å². The Balaban J connectivity index is 2.11. The van der Waals surface area contributed by atoms with E-state index in [2.05, 4.69) is 42.6 Å². The molecule has 2 rings (SSSR count). The lowest BCUT2D eigenvalue weighted by Gasteiger charge is -2.17. The van der Waals surface area contributed by atoms with Crippen LogP contribution in [-0.2, 0) is 12.8 Å². The van der Waals surface area contributed by atoms with Crippen LogP contribution in [-0.4, -0.2) is 7.05 Å². The quantitative estimate of drug-likeness (QED) is 0.805. The van der Waals surface area contributed by atoms with Gasteiger partial charge in [-0.05, 0) is 48.7 Å². The number of hydrogen-bond donors (Lipinski definition) is 1. The summed E-state index contributed by atoms with van der Waals surface area (Å²) >= 11 is 6.05. The molecule has 2 aromatic rings. The molecule has 0 bridgehead atoms. The van der Waals surface area contributed by atoms with Crippen LogP contribution in [0.1, 0.15) is 36.1 Å². The molecule has 0 radical (unpaired) electrons. The van der Waals surface area contributed by atoms with Crippen LogP contribution in [0.3, 0.4) is 0 Å². The minimum absolute atomic E-state index is 0.323. The van der Waals surface area contributed by atoms with Crippen molar-refractivity contribution in [1.29, 1.82) is 0 Å². The molecule has 1 atom stereocenters. The van der Waals surface area contributed by atoms with Gasteiger partial charge in [0.1, 0.15) is 0 Å². The molecule has 2 heteroatoms. The van der Waals surface area contributed by atoms with Crippen LogP contribution in [0.4, 0.5) is 0 Å². The molecule has 0 aliphatic rings. The number of likely N-dealkylation sites (N-methyl/N-ethyl adjacent to an activating group) is 1. The number of aryl methyl sites for hydroxylation is 1. The number of benzene rings is 2. The Morgan fingerprint density at radius 3 is 2.40 bits per heavy atom. The Bertz CT molecular complexity index is 533. The highest BCUT2D eigenvalue weighted by atomic mass is 35.5. The van der Waals surface area contributed by atoms with E-state index >= 15 is 0 Å². The second-order valence-corrected chi connectivity index (χ2v) is 5.60. The van der Waals surface area contributed by atoms with Crippen LogP contribution in [0, 0.1) is 0 Å². The van der Waals surface area contributed by atoms with E-state index in [1.165, 1.54) is 23.1 Å². The molecule has 1 N–H and O–H groups in total. The zero-order valence-corrected chi connectivity index (χ0v) is 13.0. The number of nitrogens with one attached hydrogen (secondary N) is 1. The molecule has 1 nitrogen and oxygen atoms in total. The summed E-state index contributed by atoms with van der Waals surface area (Å²) in [6, 6.07) is 17.4. The normalized spacial score (nSPS) is 12.3. The van der Waals surface area contributed by atoms with Crippen molar-refractivity contribution >= 4 is 11.6 Å². The third-order valence-electron chi connectivity index (χ3n) is 3.60. The molecule has 106 valence electrons. The van der Waals surface area contributed by atoms with Crippen molar-refractivity contribution in [3.05, 3.63) is 70.2 Å². The van der Waals surface area contributed by atoms with Crippen LogP contribution < -0.4 is 5.32 Å². The van der Waals surface area contributed by atoms with Crippen molar-refractivity contribution < 1.29 is 0 Å². The Hall–Kier alpha value is -1.31. The van der Waals surface area contributed by atoms with Gasteiger partial charge in [0.05, 0.1) is 0 Å². The molecule has 0 aromatic heterocycles. The van der Waals surface area contributed by atoms with Gasteiger partial charge in [-0.15, -0.1) is 0 Å². The lowest BCUT2D eigenvalue weighted by atomic mass is 9.97. The van der Waals surface area contributed by atoms with Crippen molar-refractivity contribution in [3.8, 4) is 0 Å². The van der Waals surface area contributed by atoms with Gasteiger partial charge in [-0.25, -0.2) is 0 Å². The summed E-state index contributed by atoms with van der Waals surface area (Å²) in [5.74, 6) is 0. The van der Waals surface area contributed by atoms with Gasteiger partial charge in [0.15, 0.2) is 0 Å². The van der Waals surface area contributed by atoms with Crippen LogP contribution in [0.15, 0.2) is 48.5 Å². The maximum absolute atomic E-state index is 6.05. The van der Waals surface area contributed by atoms with E-state index in [9.17, 15) is 0 Å². The summed E-state index contributed by atoms with van der Waals surface area (Å²) in [4.78, 5) is 0. The predicted molar refractivity (Wildman–Crippen MR) is 87.4 cm³/mol. The number of hydrogen-bond acceptors (Lipinski definition) is 1. The molecule has 0 aliphatic heterocycles. The van der Waals surface area contributed by atoms with E-state index < -0.39 is 0 Å². The van der Waals surface area contributed by atoms with Gasteiger partial charge in [-0.3, -0.25) is 0 Å². The van der Waals surface area contributed by atoms with E-state index in [0.29, 0.717) is 6.04 Å². The SMILES string of the molecule is CCCc1ccc(C(Cc2cccc(Cl)c2)NC)cc1. The van der Waals surface area contributed by atoms with Gasteiger partial charge < -0.3 is 5.32 Å². The Labute approximate surface area is 127 Å². The first-order chi connectivity index (χ1) is 9.72. The molecule has 0 spiro atoms. The van der Waals surface area contributed by atoms with Crippen molar-refractivity contribution in [2.24, 2.45) is 0 Å². The predicted octanol–water partition coefficient (Wildman–Crippen LogP) is 4.80. The fraction of sp³-hybridized carbons (Fsp3) is 0.333. The van der Waals surface area contributed by atoms with Crippen LogP contribution in [0.25, 0.3) is 0 Å². The van der Waals surface area contributed by atoms with Crippen LogP contribution in [0.2, 0.25) is 5.02 Å². The second kappa shape index (κ2) is 7.47. The van der Waals surface area contributed by atoms with Crippen molar-refractivity contribution in [2.45, 2.75) is 32.2 Å². The molecular formula is C18H22ClN. The summed E-state index contributed by atoms with van der Waals surface area (Å²) in [5, 5.41) is 4.20. The monoisotopic (exact) mass is 287 g/mol. The average molecular weight is 288 g/mol. The highest BCUT2D eigenvalue weighted by molar-refractivity contribution is 6.30. The molecule has 1 unspecified atom stereocenters. The van der Waals surface area contributed by atoms with Crippen molar-refractivity contribution in [1.82, 2.24) is 5.32 Å². The summed E-state index contributed by atoms with van der Waals surface area (Å²) in [6.07, 6.45) is 3.29. The highest BCUT2D eigenvalue weighted by Crippen LogP contribution is 2.21. The Kier molecular flexibility index (Phi) is 5.63. The molecule has 2 aromatic carbocycles. The molecule has 0 saturated heterocycles. The van der Waals surface area contributed by atoms with E-state index in [-0.39, 0.29) is 0 Å². The van der Waals surface area contributed by atoms with E-state index in [1.807, 2.05) is 25.2 Å². The molecular weight excluding hydrogens is 266 g/mol. The topological polar surface area (TPSA) is 12.0 Å². The average Bonchev–Trinajstić information content (AvgIpc) is 2.46. The third-order valence-corrected chi connectivity index (χ3v) is 3.83. The maximum Gasteiger partial charge on any atom is 0.0408 e. The highest BCUT2D eigenvalue weighted by Gasteiger charge is 2.10. The first-order valence-corrected chi connectivity index (χ1v) is 7.61. The van der Waals surface area contributed by atoms with Crippen LogP contribution in [0.5, 0.6) is 0 Å². The van der Waals surface area contributed by atoms with Gasteiger partial charge in [0.25, 0.3) is 0 Å². The van der Waals surface area contributed by atoms with Gasteiger partial charge in [0, 0.05) is 11.1 Å². The molecule has 0 saturated carbocycles. The van der Waals surface area contributed by atoms with E-state index in [4.69, 9.17) is 11.6 Å². The largest absolute Gasteiger partial charge is 0.313 e. The molecule has 0 aliphatic carbocycles. The summed E-state index contributed by atoms with van der Waals surface area (Å²) in [6.45, 7) is 2.21. The fourth-order valence-electron chi connectivity index (χ4n) is 2.49. The molecule has 20 heavy (non-hydrogen) atoms. The van der Waals surface area contributed by atoms with Gasteiger partial charge in [-0.1, -0.05) is 61.3 Å². The lowest BCUT2D eigenvalue weighted by molar-refractivity contribution is 0.592. The van der Waals surface area contributed by atoms with Gasteiger partial charge in [-0.2, -0.15) is 0 Å². The van der Waals surface area contributed by atoms with Gasteiger partial charge >= 0.3 is 0 Å². The zero-order chi connectivity index (χ0) is 14.4. The minimum atomic E-state index is 0.323. The summed E-state index contributed by atoms with van der Waals surface area (Å²) < 4.78 is 0. The third kappa shape index (κ3) is 4.09. The first kappa shape index (κ1) is 15.1. The minimum Gasteiger partial charge on any atom is -0.313 e. The number of rotatable bonds is 6. The molecule has 0 fully saturated rings. The second-order valence-electron chi connectivity index (χ2n) is 5.17. The smallest absolute Gasteiger partial charge is 0.0408 e. The summed E-state index contributed by atoms with van der Waals surface area (Å²) in [7, 11) is 2.01. The van der Waals surface area contributed by atoms with Gasteiger partial charge in [0.2, 0.25) is 0 Å². The number of halogens is 1.